The van der Waals surface area contributed by atoms with Gasteiger partial charge in [0, 0.05) is 23.8 Å². The first-order valence-corrected chi connectivity index (χ1v) is 11.9. The zero-order valence-electron chi connectivity index (χ0n) is 19.4. The quantitative estimate of drug-likeness (QED) is 0.248. The van der Waals surface area contributed by atoms with Gasteiger partial charge in [-0.25, -0.2) is 8.78 Å². The number of nitriles is 1. The van der Waals surface area contributed by atoms with Crippen LogP contribution in [0.4, 0.5) is 8.78 Å². The number of hydrogen-bond acceptors (Lipinski definition) is 9. The molecule has 2 aliphatic heterocycles. The molecule has 11 nitrogen and oxygen atoms in total. The number of fused-ring (bicyclic) bond motifs is 1. The number of primary amides is 1. The average molecular weight is 535 g/mol. The topological polar surface area (TPSA) is 163 Å². The van der Waals surface area contributed by atoms with Gasteiger partial charge in [0.15, 0.2) is 0 Å². The number of hydrogen-bond donors (Lipinski definition) is 4. The SMILES string of the molecule is N#C[C@@H]1CC(F)(F)CN1C(=O)CNC(=O)c1ccnc2ccc(OCC3OC3NC(CS)C(N)=O)cc12. The second-order valence-electron chi connectivity index (χ2n) is 8.66. The molecule has 2 fully saturated rings. The predicted molar refractivity (Wildman–Crippen MR) is 129 cm³/mol. The normalized spacial score (nSPS) is 22.8. The molecule has 14 heteroatoms. The molecular formula is C23H24F2N6O5S. The van der Waals surface area contributed by atoms with Crippen LogP contribution in [0.5, 0.6) is 5.75 Å². The smallest absolute Gasteiger partial charge is 0.268 e. The number of ether oxygens (including phenoxy) is 2. The van der Waals surface area contributed by atoms with Crippen molar-refractivity contribution in [2.75, 3.05) is 25.4 Å². The molecule has 0 bridgehead atoms. The van der Waals surface area contributed by atoms with E-state index in [0.717, 1.165) is 4.90 Å². The van der Waals surface area contributed by atoms with Crippen molar-refractivity contribution in [3.8, 4) is 11.8 Å². The van der Waals surface area contributed by atoms with Crippen LogP contribution in [0.15, 0.2) is 30.5 Å². The van der Waals surface area contributed by atoms with Crippen LogP contribution in [-0.4, -0.2) is 83.4 Å². The number of alkyl halides is 2. The van der Waals surface area contributed by atoms with Crippen LogP contribution >= 0.6 is 12.6 Å². The molecule has 4 rings (SSSR count). The van der Waals surface area contributed by atoms with E-state index in [4.69, 9.17) is 20.5 Å². The first-order chi connectivity index (χ1) is 17.6. The van der Waals surface area contributed by atoms with Crippen molar-refractivity contribution in [2.24, 2.45) is 5.73 Å². The predicted octanol–water partition coefficient (Wildman–Crippen LogP) is 0.201. The summed E-state index contributed by atoms with van der Waals surface area (Å²) in [5.41, 5.74) is 5.98. The van der Waals surface area contributed by atoms with E-state index in [2.05, 4.69) is 28.2 Å². The Morgan fingerprint density at radius 3 is 2.86 bits per heavy atom. The third-order valence-corrected chi connectivity index (χ3v) is 6.35. The summed E-state index contributed by atoms with van der Waals surface area (Å²) in [4.78, 5) is 41.6. The van der Waals surface area contributed by atoms with Gasteiger partial charge in [0.05, 0.1) is 36.3 Å². The molecule has 4 N–H and O–H groups in total. The summed E-state index contributed by atoms with van der Waals surface area (Å²) in [7, 11) is 0. The molecule has 2 aliphatic rings. The standard InChI is InChI=1S/C23H24F2N6O5S/c24-23(25)6-12(7-26)31(11-23)19(32)8-29-21(34)14-3-4-28-16-2-1-13(5-15(14)16)35-9-18-22(36-18)30-17(10-37)20(27)33/h1-5,12,17-18,22,30,37H,6,8-11H2,(H2,27,33)(H,29,34)/t12-,17?,18?,22?/m0/s1. The van der Waals surface area contributed by atoms with Crippen LogP contribution in [0.25, 0.3) is 10.9 Å². The highest BCUT2D eigenvalue weighted by molar-refractivity contribution is 7.80. The van der Waals surface area contributed by atoms with Gasteiger partial charge < -0.3 is 25.4 Å². The van der Waals surface area contributed by atoms with Gasteiger partial charge in [0.2, 0.25) is 11.8 Å². The Hall–Kier alpha value is -3.54. The number of likely N-dealkylation sites (tertiary alicyclic amines) is 1. The van der Waals surface area contributed by atoms with Gasteiger partial charge in [-0.3, -0.25) is 24.7 Å². The summed E-state index contributed by atoms with van der Waals surface area (Å²) in [6, 6.07) is 6.21. The lowest BCUT2D eigenvalue weighted by Gasteiger charge is -2.19. The van der Waals surface area contributed by atoms with Crippen molar-refractivity contribution in [2.45, 2.75) is 36.8 Å². The highest BCUT2D eigenvalue weighted by Gasteiger charge is 2.47. The van der Waals surface area contributed by atoms with Gasteiger partial charge >= 0.3 is 0 Å². The van der Waals surface area contributed by atoms with Crippen molar-refractivity contribution in [1.82, 2.24) is 20.5 Å². The molecule has 3 amide bonds. The molecule has 4 atom stereocenters. The van der Waals surface area contributed by atoms with Crippen LogP contribution < -0.4 is 21.1 Å². The van der Waals surface area contributed by atoms with Crippen LogP contribution in [0.1, 0.15) is 16.8 Å². The van der Waals surface area contributed by atoms with Crippen LogP contribution in [0.2, 0.25) is 0 Å². The minimum Gasteiger partial charge on any atom is -0.491 e. The lowest BCUT2D eigenvalue weighted by atomic mass is 10.1. The van der Waals surface area contributed by atoms with E-state index in [-0.39, 0.29) is 24.0 Å². The molecule has 0 spiro atoms. The van der Waals surface area contributed by atoms with Gasteiger partial charge in [0.1, 0.15) is 30.7 Å². The molecule has 2 aromatic rings. The number of benzene rings is 1. The van der Waals surface area contributed by atoms with Gasteiger partial charge in [-0.05, 0) is 24.3 Å². The third-order valence-electron chi connectivity index (χ3n) is 5.99. The Balaban J connectivity index is 1.37. The molecule has 0 aliphatic carbocycles. The lowest BCUT2D eigenvalue weighted by molar-refractivity contribution is -0.131. The number of aromatic nitrogens is 1. The number of amides is 3. The number of halogens is 2. The van der Waals surface area contributed by atoms with Gasteiger partial charge in [-0.2, -0.15) is 17.9 Å². The highest BCUT2D eigenvalue weighted by Crippen LogP contribution is 2.31. The molecule has 37 heavy (non-hydrogen) atoms. The van der Waals surface area contributed by atoms with E-state index in [1.165, 1.54) is 12.3 Å². The zero-order chi connectivity index (χ0) is 26.7. The Morgan fingerprint density at radius 2 is 2.16 bits per heavy atom. The number of pyridine rings is 1. The van der Waals surface area contributed by atoms with E-state index in [0.29, 0.717) is 16.7 Å². The Kier molecular flexibility index (Phi) is 7.76. The van der Waals surface area contributed by atoms with E-state index in [1.807, 2.05) is 0 Å². The summed E-state index contributed by atoms with van der Waals surface area (Å²) >= 11 is 4.07. The van der Waals surface area contributed by atoms with Gasteiger partial charge in [0.25, 0.3) is 11.8 Å². The number of carbonyl (C=O) groups is 3. The average Bonchev–Trinajstić information content (AvgIpc) is 3.54. The van der Waals surface area contributed by atoms with E-state index in [1.54, 1.807) is 24.3 Å². The molecule has 3 heterocycles. The maximum absolute atomic E-state index is 13.6. The molecule has 1 aromatic carbocycles. The fourth-order valence-electron chi connectivity index (χ4n) is 3.98. The van der Waals surface area contributed by atoms with Crippen LogP contribution in [-0.2, 0) is 14.3 Å². The Labute approximate surface area is 215 Å². The second kappa shape index (κ2) is 10.8. The largest absolute Gasteiger partial charge is 0.491 e. The molecule has 1 aromatic heterocycles. The maximum atomic E-state index is 13.6. The third kappa shape index (κ3) is 6.24. The molecule has 0 radical (unpaired) electrons. The monoisotopic (exact) mass is 534 g/mol. The molecule has 196 valence electrons. The van der Waals surface area contributed by atoms with Crippen molar-refractivity contribution in [1.29, 1.82) is 5.26 Å². The van der Waals surface area contributed by atoms with E-state index >= 15 is 0 Å². The minimum atomic E-state index is -3.14. The molecular weight excluding hydrogens is 510 g/mol. The second-order valence-corrected chi connectivity index (χ2v) is 9.02. The van der Waals surface area contributed by atoms with Crippen molar-refractivity contribution >= 4 is 41.3 Å². The number of nitrogens with one attached hydrogen (secondary N) is 2. The number of nitrogens with two attached hydrogens (primary N) is 1. The summed E-state index contributed by atoms with van der Waals surface area (Å²) in [5, 5.41) is 14.9. The summed E-state index contributed by atoms with van der Waals surface area (Å²) in [5.74, 6) is -4.42. The fourth-order valence-corrected chi connectivity index (χ4v) is 4.26. The summed E-state index contributed by atoms with van der Waals surface area (Å²) in [6.07, 6.45) is -0.0147. The number of thiol groups is 1. The van der Waals surface area contributed by atoms with Crippen molar-refractivity contribution < 1.29 is 32.6 Å². The van der Waals surface area contributed by atoms with Gasteiger partial charge in [-0.15, -0.1) is 0 Å². The van der Waals surface area contributed by atoms with Crippen LogP contribution in [0.3, 0.4) is 0 Å². The first kappa shape index (κ1) is 26.5. The Morgan fingerprint density at radius 1 is 1.38 bits per heavy atom. The molecule has 2 saturated heterocycles. The lowest BCUT2D eigenvalue weighted by Crippen LogP contribution is -2.44. The fraction of sp³-hybridized carbons (Fsp3) is 0.435. The van der Waals surface area contributed by atoms with E-state index in [9.17, 15) is 23.2 Å². The highest BCUT2D eigenvalue weighted by atomic mass is 32.1. The number of rotatable bonds is 10. The number of carbonyl (C=O) groups excluding carboxylic acids is 3. The summed E-state index contributed by atoms with van der Waals surface area (Å²) < 4.78 is 38.5. The first-order valence-electron chi connectivity index (χ1n) is 11.3. The summed E-state index contributed by atoms with van der Waals surface area (Å²) in [6.45, 7) is -1.24. The number of nitrogens with zero attached hydrogens (tertiary/aromatic N) is 3. The van der Waals surface area contributed by atoms with Crippen molar-refractivity contribution in [3.05, 3.63) is 36.0 Å². The van der Waals surface area contributed by atoms with Crippen LogP contribution in [0, 0.1) is 11.3 Å². The van der Waals surface area contributed by atoms with Crippen molar-refractivity contribution in [3.63, 3.8) is 0 Å². The molecule has 0 saturated carbocycles. The zero-order valence-corrected chi connectivity index (χ0v) is 20.3. The number of epoxide rings is 1. The van der Waals surface area contributed by atoms with Gasteiger partial charge in [-0.1, -0.05) is 0 Å². The Bertz CT molecular complexity index is 1260. The van der Waals surface area contributed by atoms with E-state index < -0.39 is 61.5 Å². The minimum absolute atomic E-state index is 0.165. The maximum Gasteiger partial charge on any atom is 0.268 e. The molecule has 3 unspecified atom stereocenters.